The van der Waals surface area contributed by atoms with Crippen molar-refractivity contribution >= 4 is 11.6 Å². The van der Waals surface area contributed by atoms with Gasteiger partial charge in [-0.2, -0.15) is 0 Å². The monoisotopic (exact) mass is 393 g/mol. The highest BCUT2D eigenvalue weighted by Crippen LogP contribution is 2.29. The van der Waals surface area contributed by atoms with E-state index in [0.29, 0.717) is 18.0 Å². The molecule has 0 saturated carbocycles. The molecule has 0 atom stereocenters. The number of hydrogen-bond acceptors (Lipinski definition) is 5. The summed E-state index contributed by atoms with van der Waals surface area (Å²) < 4.78 is 10.8. The fourth-order valence-corrected chi connectivity index (χ4v) is 3.49. The first kappa shape index (κ1) is 20.6. The molecule has 0 aliphatic carbocycles. The summed E-state index contributed by atoms with van der Waals surface area (Å²) in [6.07, 6.45) is 0. The number of carbonyl (C=O) groups is 1. The molecule has 6 nitrogen and oxygen atoms in total. The van der Waals surface area contributed by atoms with Crippen LogP contribution in [0.3, 0.4) is 0 Å². The maximum atomic E-state index is 12.5. The van der Waals surface area contributed by atoms with Gasteiger partial charge >= 0.3 is 0 Å². The standard InChI is InChI=1S/C23H27N3O3/c1-15-10-16(2)23(17(3)11-15)24-22(27)14-26(4)13-18-12-20(25-29-18)19-8-6-7-9-21(19)28-5/h6-12H,13-14H2,1-5H3,(H,24,27). The summed E-state index contributed by atoms with van der Waals surface area (Å²) in [6.45, 7) is 6.79. The van der Waals surface area contributed by atoms with Crippen LogP contribution in [-0.4, -0.2) is 36.7 Å². The number of para-hydroxylation sites is 1. The van der Waals surface area contributed by atoms with Gasteiger partial charge in [-0.15, -0.1) is 0 Å². The van der Waals surface area contributed by atoms with Gasteiger partial charge in [0.2, 0.25) is 5.91 Å². The lowest BCUT2D eigenvalue weighted by atomic mass is 10.1. The van der Waals surface area contributed by atoms with Crippen molar-refractivity contribution in [3.8, 4) is 17.0 Å². The number of likely N-dealkylation sites (N-methyl/N-ethyl adjacent to an activating group) is 1. The van der Waals surface area contributed by atoms with E-state index in [1.54, 1.807) is 7.11 Å². The van der Waals surface area contributed by atoms with E-state index in [4.69, 9.17) is 9.26 Å². The van der Waals surface area contributed by atoms with Crippen LogP contribution < -0.4 is 10.1 Å². The molecule has 0 saturated heterocycles. The van der Waals surface area contributed by atoms with Crippen LogP contribution in [0.1, 0.15) is 22.5 Å². The number of nitrogens with zero attached hydrogens (tertiary/aromatic N) is 2. The lowest BCUT2D eigenvalue weighted by molar-refractivity contribution is -0.117. The first-order valence-electron chi connectivity index (χ1n) is 9.52. The second-order valence-corrected chi connectivity index (χ2v) is 7.37. The molecule has 0 aliphatic heterocycles. The van der Waals surface area contributed by atoms with Gasteiger partial charge in [0, 0.05) is 17.3 Å². The maximum absolute atomic E-state index is 12.5. The number of rotatable bonds is 7. The molecule has 0 unspecified atom stereocenters. The normalized spacial score (nSPS) is 11.0. The Morgan fingerprint density at radius 2 is 1.83 bits per heavy atom. The number of benzene rings is 2. The summed E-state index contributed by atoms with van der Waals surface area (Å²) in [6, 6.07) is 13.7. The Labute approximate surface area is 171 Å². The van der Waals surface area contributed by atoms with Crippen LogP contribution in [0.15, 0.2) is 47.0 Å². The molecule has 0 spiro atoms. The molecule has 1 aromatic heterocycles. The third kappa shape index (κ3) is 5.03. The fourth-order valence-electron chi connectivity index (χ4n) is 3.49. The number of methoxy groups -OCH3 is 1. The molecule has 6 heteroatoms. The Kier molecular flexibility index (Phi) is 6.34. The number of nitrogens with one attached hydrogen (secondary N) is 1. The van der Waals surface area contributed by atoms with E-state index >= 15 is 0 Å². The number of aromatic nitrogens is 1. The molecule has 0 bridgehead atoms. The van der Waals surface area contributed by atoms with Gasteiger partial charge in [-0.25, -0.2) is 0 Å². The molecular formula is C23H27N3O3. The van der Waals surface area contributed by atoms with Crippen molar-refractivity contribution in [2.75, 3.05) is 26.0 Å². The van der Waals surface area contributed by atoms with Crippen molar-refractivity contribution in [3.63, 3.8) is 0 Å². The minimum Gasteiger partial charge on any atom is -0.496 e. The maximum Gasteiger partial charge on any atom is 0.238 e. The smallest absolute Gasteiger partial charge is 0.238 e. The zero-order valence-corrected chi connectivity index (χ0v) is 17.6. The van der Waals surface area contributed by atoms with Crippen molar-refractivity contribution in [2.24, 2.45) is 0 Å². The number of hydrogen-bond donors (Lipinski definition) is 1. The Hall–Kier alpha value is -3.12. The van der Waals surface area contributed by atoms with Crippen LogP contribution in [0.4, 0.5) is 5.69 Å². The lowest BCUT2D eigenvalue weighted by Gasteiger charge is -2.17. The molecule has 0 radical (unpaired) electrons. The minimum atomic E-state index is -0.0629. The highest BCUT2D eigenvalue weighted by atomic mass is 16.5. The largest absolute Gasteiger partial charge is 0.496 e. The van der Waals surface area contributed by atoms with E-state index in [9.17, 15) is 4.79 Å². The van der Waals surface area contributed by atoms with Gasteiger partial charge in [-0.1, -0.05) is 35.0 Å². The van der Waals surface area contributed by atoms with Crippen molar-refractivity contribution in [1.29, 1.82) is 0 Å². The van der Waals surface area contributed by atoms with Crippen LogP contribution in [0.5, 0.6) is 5.75 Å². The molecule has 1 N–H and O–H groups in total. The third-order valence-corrected chi connectivity index (χ3v) is 4.72. The molecule has 0 aliphatic rings. The van der Waals surface area contributed by atoms with Crippen molar-refractivity contribution in [3.05, 3.63) is 64.9 Å². The zero-order valence-electron chi connectivity index (χ0n) is 17.6. The fraction of sp³-hybridized carbons (Fsp3) is 0.304. The average molecular weight is 393 g/mol. The SMILES string of the molecule is COc1ccccc1-c1cc(CN(C)CC(=O)Nc2c(C)cc(C)cc2C)on1. The van der Waals surface area contributed by atoms with E-state index in [-0.39, 0.29) is 12.5 Å². The predicted molar refractivity (Wildman–Crippen MR) is 114 cm³/mol. The Morgan fingerprint density at radius 3 is 2.52 bits per heavy atom. The Bertz CT molecular complexity index is 987. The van der Waals surface area contributed by atoms with Crippen LogP contribution in [0.25, 0.3) is 11.3 Å². The van der Waals surface area contributed by atoms with Gasteiger partial charge in [0.05, 0.1) is 20.2 Å². The molecule has 1 amide bonds. The molecule has 2 aromatic carbocycles. The average Bonchev–Trinajstić information content (AvgIpc) is 3.12. The molecule has 0 fully saturated rings. The van der Waals surface area contributed by atoms with Crippen LogP contribution >= 0.6 is 0 Å². The zero-order chi connectivity index (χ0) is 21.0. The minimum absolute atomic E-state index is 0.0629. The lowest BCUT2D eigenvalue weighted by Crippen LogP contribution is -2.30. The predicted octanol–water partition coefficient (Wildman–Crippen LogP) is 4.35. The summed E-state index contributed by atoms with van der Waals surface area (Å²) in [4.78, 5) is 14.4. The molecule has 152 valence electrons. The summed E-state index contributed by atoms with van der Waals surface area (Å²) in [5, 5.41) is 7.17. The van der Waals surface area contributed by atoms with Gasteiger partial charge in [-0.05, 0) is 51.1 Å². The van der Waals surface area contributed by atoms with Gasteiger partial charge in [0.25, 0.3) is 0 Å². The Morgan fingerprint density at radius 1 is 1.14 bits per heavy atom. The van der Waals surface area contributed by atoms with Crippen LogP contribution in [0, 0.1) is 20.8 Å². The van der Waals surface area contributed by atoms with Gasteiger partial charge < -0.3 is 14.6 Å². The number of amides is 1. The van der Waals surface area contributed by atoms with E-state index in [2.05, 4.69) is 29.5 Å². The van der Waals surface area contributed by atoms with Crippen LogP contribution in [-0.2, 0) is 11.3 Å². The topological polar surface area (TPSA) is 67.6 Å². The number of anilines is 1. The summed E-state index contributed by atoms with van der Waals surface area (Å²) in [5.41, 5.74) is 5.78. The first-order valence-corrected chi connectivity index (χ1v) is 9.52. The number of carbonyl (C=O) groups excluding carboxylic acids is 1. The van der Waals surface area contributed by atoms with Gasteiger partial charge in [0.15, 0.2) is 5.76 Å². The van der Waals surface area contributed by atoms with Gasteiger partial charge in [0.1, 0.15) is 11.4 Å². The highest BCUT2D eigenvalue weighted by Gasteiger charge is 2.15. The Balaban J connectivity index is 1.62. The van der Waals surface area contributed by atoms with Crippen LogP contribution in [0.2, 0.25) is 0 Å². The highest BCUT2D eigenvalue weighted by molar-refractivity contribution is 5.93. The van der Waals surface area contributed by atoms with E-state index in [0.717, 1.165) is 28.1 Å². The van der Waals surface area contributed by atoms with Crippen molar-refractivity contribution < 1.29 is 14.1 Å². The second-order valence-electron chi connectivity index (χ2n) is 7.37. The summed E-state index contributed by atoms with van der Waals surface area (Å²) in [5.74, 6) is 1.36. The second kappa shape index (κ2) is 8.92. The summed E-state index contributed by atoms with van der Waals surface area (Å²) in [7, 11) is 3.50. The van der Waals surface area contributed by atoms with Crippen molar-refractivity contribution in [1.82, 2.24) is 10.1 Å². The quantitative estimate of drug-likeness (QED) is 0.646. The summed E-state index contributed by atoms with van der Waals surface area (Å²) >= 11 is 0. The molecule has 3 aromatic rings. The molecular weight excluding hydrogens is 366 g/mol. The molecule has 29 heavy (non-hydrogen) atoms. The molecule has 1 heterocycles. The van der Waals surface area contributed by atoms with E-state index in [1.807, 2.05) is 56.1 Å². The number of ether oxygens (including phenoxy) is 1. The van der Waals surface area contributed by atoms with Gasteiger partial charge in [-0.3, -0.25) is 9.69 Å². The van der Waals surface area contributed by atoms with E-state index in [1.165, 1.54) is 5.56 Å². The number of aryl methyl sites for hydroxylation is 3. The molecule has 3 rings (SSSR count). The first-order chi connectivity index (χ1) is 13.9. The van der Waals surface area contributed by atoms with Crippen molar-refractivity contribution in [2.45, 2.75) is 27.3 Å². The third-order valence-electron chi connectivity index (χ3n) is 4.72. The van der Waals surface area contributed by atoms with E-state index < -0.39 is 0 Å².